The lowest BCUT2D eigenvalue weighted by Crippen LogP contribution is -2.32. The van der Waals surface area contributed by atoms with Gasteiger partial charge in [-0.05, 0) is 67.1 Å². The Hall–Kier alpha value is -4.00. The predicted molar refractivity (Wildman–Crippen MR) is 148 cm³/mol. The standard InChI is InChI=1S/C30H36N4O3/c1-22-10-8-9-13-25(22)20-33-30(32-19-23-11-4-2-5-12-23)34-27-17-16-24(29(31)35)18-28(27)37-21-36-26-14-6-3-7-15-26/h3,6-10,13-18,23H,2,4-5,11-12,19-21H2,1H3,(H2,31,35)(H2,32,33,34). The molecule has 194 valence electrons. The summed E-state index contributed by atoms with van der Waals surface area (Å²) in [4.78, 5) is 16.8. The SMILES string of the molecule is Cc1ccccc1CNC(=NCC1CCCCC1)Nc1ccc(C(N)=O)cc1OCOc1ccccc1. The maximum absolute atomic E-state index is 11.8. The molecule has 0 saturated heterocycles. The van der Waals surface area contributed by atoms with E-state index in [4.69, 9.17) is 20.2 Å². The first-order valence-electron chi connectivity index (χ1n) is 12.9. The summed E-state index contributed by atoms with van der Waals surface area (Å²) in [7, 11) is 0. The number of guanidine groups is 1. The fourth-order valence-electron chi connectivity index (χ4n) is 4.42. The van der Waals surface area contributed by atoms with Crippen LogP contribution < -0.4 is 25.8 Å². The van der Waals surface area contributed by atoms with E-state index in [-0.39, 0.29) is 6.79 Å². The van der Waals surface area contributed by atoms with Crippen LogP contribution in [0.2, 0.25) is 0 Å². The van der Waals surface area contributed by atoms with Crippen LogP contribution in [0.1, 0.15) is 53.6 Å². The predicted octanol–water partition coefficient (Wildman–Crippen LogP) is 5.65. The molecule has 4 rings (SSSR count). The Morgan fingerprint density at radius 3 is 2.49 bits per heavy atom. The van der Waals surface area contributed by atoms with Gasteiger partial charge in [-0.3, -0.25) is 9.79 Å². The summed E-state index contributed by atoms with van der Waals surface area (Å²) in [5.41, 5.74) is 8.97. The second kappa shape index (κ2) is 13.3. The third-order valence-electron chi connectivity index (χ3n) is 6.64. The van der Waals surface area contributed by atoms with Crippen LogP contribution in [-0.2, 0) is 6.54 Å². The molecule has 7 nitrogen and oxygen atoms in total. The van der Waals surface area contributed by atoms with Crippen LogP contribution in [0.3, 0.4) is 0 Å². The van der Waals surface area contributed by atoms with Crippen LogP contribution in [0.4, 0.5) is 5.69 Å². The molecule has 0 unspecified atom stereocenters. The molecule has 0 aromatic heterocycles. The molecule has 1 fully saturated rings. The van der Waals surface area contributed by atoms with Gasteiger partial charge in [0, 0.05) is 18.7 Å². The number of benzene rings is 3. The second-order valence-corrected chi connectivity index (χ2v) is 9.39. The van der Waals surface area contributed by atoms with Crippen LogP contribution in [0.5, 0.6) is 11.5 Å². The Morgan fingerprint density at radius 1 is 0.973 bits per heavy atom. The number of amides is 1. The molecule has 1 saturated carbocycles. The minimum absolute atomic E-state index is 0.0217. The number of hydrogen-bond acceptors (Lipinski definition) is 4. The van der Waals surface area contributed by atoms with Gasteiger partial charge in [0.05, 0.1) is 5.69 Å². The van der Waals surface area contributed by atoms with Gasteiger partial charge in [-0.15, -0.1) is 0 Å². The van der Waals surface area contributed by atoms with Crippen molar-refractivity contribution in [3.05, 3.63) is 89.5 Å². The Kier molecular flexibility index (Phi) is 9.41. The Labute approximate surface area is 219 Å². The number of ether oxygens (including phenoxy) is 2. The number of anilines is 1. The summed E-state index contributed by atoms with van der Waals surface area (Å²) in [6.45, 7) is 3.47. The summed E-state index contributed by atoms with van der Waals surface area (Å²) in [6, 6.07) is 22.8. The average molecular weight is 501 g/mol. The smallest absolute Gasteiger partial charge is 0.248 e. The van der Waals surface area contributed by atoms with Gasteiger partial charge in [-0.25, -0.2) is 0 Å². The normalized spacial score (nSPS) is 14.1. The van der Waals surface area contributed by atoms with Crippen molar-refractivity contribution in [2.75, 3.05) is 18.7 Å². The molecule has 4 N–H and O–H groups in total. The summed E-state index contributed by atoms with van der Waals surface area (Å²) in [5.74, 6) is 1.88. The molecular formula is C30H36N4O3. The van der Waals surface area contributed by atoms with Crippen molar-refractivity contribution in [1.82, 2.24) is 5.32 Å². The van der Waals surface area contributed by atoms with E-state index in [1.54, 1.807) is 18.2 Å². The largest absolute Gasteiger partial charge is 0.458 e. The molecule has 1 amide bonds. The number of para-hydroxylation sites is 1. The van der Waals surface area contributed by atoms with Gasteiger partial charge in [0.1, 0.15) is 11.5 Å². The third kappa shape index (κ3) is 8.00. The van der Waals surface area contributed by atoms with Gasteiger partial charge < -0.3 is 25.8 Å². The number of nitrogens with zero attached hydrogens (tertiary/aromatic N) is 1. The van der Waals surface area contributed by atoms with Crippen LogP contribution in [0, 0.1) is 12.8 Å². The van der Waals surface area contributed by atoms with Gasteiger partial charge in [0.2, 0.25) is 12.7 Å². The van der Waals surface area contributed by atoms with Gasteiger partial charge in [-0.2, -0.15) is 0 Å². The molecule has 0 aliphatic heterocycles. The molecule has 0 heterocycles. The number of primary amides is 1. The van der Waals surface area contributed by atoms with Crippen molar-refractivity contribution >= 4 is 17.6 Å². The highest BCUT2D eigenvalue weighted by atomic mass is 16.7. The molecule has 1 aliphatic carbocycles. The van der Waals surface area contributed by atoms with E-state index >= 15 is 0 Å². The Morgan fingerprint density at radius 2 is 1.73 bits per heavy atom. The van der Waals surface area contributed by atoms with E-state index in [2.05, 4.69) is 29.7 Å². The lowest BCUT2D eigenvalue weighted by Gasteiger charge is -2.21. The molecule has 37 heavy (non-hydrogen) atoms. The van der Waals surface area contributed by atoms with Crippen LogP contribution in [0.15, 0.2) is 77.8 Å². The number of carbonyl (C=O) groups is 1. The van der Waals surface area contributed by atoms with E-state index in [9.17, 15) is 4.79 Å². The average Bonchev–Trinajstić information content (AvgIpc) is 2.92. The zero-order chi connectivity index (χ0) is 25.9. The molecule has 1 aliphatic rings. The highest BCUT2D eigenvalue weighted by Crippen LogP contribution is 2.27. The monoisotopic (exact) mass is 500 g/mol. The van der Waals surface area contributed by atoms with E-state index < -0.39 is 5.91 Å². The van der Waals surface area contributed by atoms with E-state index in [0.717, 1.165) is 6.54 Å². The second-order valence-electron chi connectivity index (χ2n) is 9.39. The number of nitrogens with two attached hydrogens (primary N) is 1. The van der Waals surface area contributed by atoms with Crippen molar-refractivity contribution in [2.24, 2.45) is 16.6 Å². The fourth-order valence-corrected chi connectivity index (χ4v) is 4.42. The number of aliphatic imine (C=N–C) groups is 1. The molecule has 0 radical (unpaired) electrons. The van der Waals surface area contributed by atoms with E-state index in [0.29, 0.717) is 41.2 Å². The number of rotatable bonds is 10. The summed E-state index contributed by atoms with van der Waals surface area (Å²) in [5, 5.41) is 6.87. The van der Waals surface area contributed by atoms with Gasteiger partial charge in [-0.1, -0.05) is 61.7 Å². The van der Waals surface area contributed by atoms with Gasteiger partial charge >= 0.3 is 0 Å². The minimum Gasteiger partial charge on any atom is -0.458 e. The zero-order valence-electron chi connectivity index (χ0n) is 21.4. The molecule has 7 heteroatoms. The molecule has 0 atom stereocenters. The Bertz CT molecular complexity index is 1190. The molecule has 3 aromatic rings. The van der Waals surface area contributed by atoms with Gasteiger partial charge in [0.25, 0.3) is 0 Å². The lowest BCUT2D eigenvalue weighted by atomic mass is 9.89. The van der Waals surface area contributed by atoms with Crippen molar-refractivity contribution in [3.63, 3.8) is 0 Å². The highest BCUT2D eigenvalue weighted by Gasteiger charge is 2.15. The molecular weight excluding hydrogens is 464 g/mol. The van der Waals surface area contributed by atoms with E-state index in [1.165, 1.54) is 43.2 Å². The number of carbonyl (C=O) groups excluding carboxylic acids is 1. The summed E-state index contributed by atoms with van der Waals surface area (Å²) < 4.78 is 11.6. The van der Waals surface area contributed by atoms with Crippen LogP contribution >= 0.6 is 0 Å². The van der Waals surface area contributed by atoms with Crippen molar-refractivity contribution in [3.8, 4) is 11.5 Å². The number of aryl methyl sites for hydroxylation is 1. The topological polar surface area (TPSA) is 98.0 Å². The number of nitrogens with one attached hydrogen (secondary N) is 2. The van der Waals surface area contributed by atoms with Crippen LogP contribution in [-0.4, -0.2) is 25.2 Å². The molecule has 0 spiro atoms. The lowest BCUT2D eigenvalue weighted by molar-refractivity contribution is 0.0997. The first-order valence-corrected chi connectivity index (χ1v) is 12.9. The molecule has 0 bridgehead atoms. The number of hydrogen-bond donors (Lipinski definition) is 3. The fraction of sp³-hybridized carbons (Fsp3) is 0.333. The minimum atomic E-state index is -0.524. The van der Waals surface area contributed by atoms with Crippen molar-refractivity contribution in [2.45, 2.75) is 45.6 Å². The third-order valence-corrected chi connectivity index (χ3v) is 6.64. The highest BCUT2D eigenvalue weighted by molar-refractivity contribution is 5.97. The summed E-state index contributed by atoms with van der Waals surface area (Å²) in [6.07, 6.45) is 6.29. The van der Waals surface area contributed by atoms with Crippen LogP contribution in [0.25, 0.3) is 0 Å². The van der Waals surface area contributed by atoms with Crippen molar-refractivity contribution < 1.29 is 14.3 Å². The zero-order valence-corrected chi connectivity index (χ0v) is 21.4. The maximum atomic E-state index is 11.8. The Balaban J connectivity index is 1.51. The first-order chi connectivity index (χ1) is 18.1. The maximum Gasteiger partial charge on any atom is 0.248 e. The summed E-state index contributed by atoms with van der Waals surface area (Å²) >= 11 is 0. The van der Waals surface area contributed by atoms with Crippen molar-refractivity contribution in [1.29, 1.82) is 0 Å². The van der Waals surface area contributed by atoms with Gasteiger partial charge in [0.15, 0.2) is 5.96 Å². The quantitative estimate of drug-likeness (QED) is 0.190. The van der Waals surface area contributed by atoms with E-state index in [1.807, 2.05) is 42.5 Å². The first kappa shape index (κ1) is 26.1. The molecule has 3 aromatic carbocycles.